The Bertz CT molecular complexity index is 968. The van der Waals surface area contributed by atoms with Crippen molar-refractivity contribution in [2.75, 3.05) is 18.1 Å². The first-order chi connectivity index (χ1) is 12.4. The van der Waals surface area contributed by atoms with Gasteiger partial charge in [-0.05, 0) is 25.0 Å². The molecule has 0 saturated carbocycles. The van der Waals surface area contributed by atoms with E-state index in [9.17, 15) is 18.0 Å². The molecule has 1 amide bonds. The van der Waals surface area contributed by atoms with Gasteiger partial charge in [-0.2, -0.15) is 5.10 Å². The third-order valence-corrected chi connectivity index (χ3v) is 6.52. The average Bonchev–Trinajstić information content (AvgIpc) is 2.97. The van der Waals surface area contributed by atoms with Crippen LogP contribution in [0.2, 0.25) is 0 Å². The number of rotatable bonds is 6. The number of fused-ring (bicyclic) bond motifs is 1. The molecule has 0 N–H and O–H groups in total. The van der Waals surface area contributed by atoms with E-state index < -0.39 is 9.84 Å². The SMILES string of the molecule is CCCCN(C(=O)Cn1ncc(=O)c2ccccc21)C1CCS(=O)(=O)C1. The van der Waals surface area contributed by atoms with Gasteiger partial charge in [-0.15, -0.1) is 0 Å². The molecular weight excluding hydrogens is 354 g/mol. The maximum atomic E-state index is 12.9. The van der Waals surface area contributed by atoms with Gasteiger partial charge in [-0.3, -0.25) is 14.3 Å². The van der Waals surface area contributed by atoms with Crippen molar-refractivity contribution in [2.45, 2.75) is 38.8 Å². The zero-order chi connectivity index (χ0) is 18.7. The van der Waals surface area contributed by atoms with Crippen LogP contribution in [0.3, 0.4) is 0 Å². The molecule has 8 heteroatoms. The van der Waals surface area contributed by atoms with Gasteiger partial charge >= 0.3 is 0 Å². The summed E-state index contributed by atoms with van der Waals surface area (Å²) in [5, 5.41) is 4.62. The monoisotopic (exact) mass is 377 g/mol. The van der Waals surface area contributed by atoms with Gasteiger partial charge in [0.2, 0.25) is 11.3 Å². The van der Waals surface area contributed by atoms with Crippen molar-refractivity contribution in [3.05, 3.63) is 40.7 Å². The standard InChI is InChI=1S/C18H23N3O4S/c1-2-3-9-20(14-8-10-26(24,25)13-14)18(23)12-21-16-7-5-4-6-15(16)17(22)11-19-21/h4-7,11,14H,2-3,8-10,12-13H2,1H3. The van der Waals surface area contributed by atoms with E-state index in [1.165, 1.54) is 10.9 Å². The number of amides is 1. The zero-order valence-electron chi connectivity index (χ0n) is 14.8. The molecule has 1 aliphatic rings. The van der Waals surface area contributed by atoms with E-state index in [0.29, 0.717) is 23.9 Å². The van der Waals surface area contributed by atoms with Crippen LogP contribution in [-0.4, -0.2) is 53.1 Å². The number of unbranched alkanes of at least 4 members (excludes halogenated alkanes) is 1. The Hall–Kier alpha value is -2.22. The summed E-state index contributed by atoms with van der Waals surface area (Å²) in [6, 6.07) is 6.76. The highest BCUT2D eigenvalue weighted by molar-refractivity contribution is 7.91. The summed E-state index contributed by atoms with van der Waals surface area (Å²) < 4.78 is 25.2. The fourth-order valence-electron chi connectivity index (χ4n) is 3.37. The lowest BCUT2D eigenvalue weighted by Gasteiger charge is -2.28. The summed E-state index contributed by atoms with van der Waals surface area (Å²) in [5.41, 5.74) is 0.414. The van der Waals surface area contributed by atoms with E-state index in [1.807, 2.05) is 6.92 Å². The molecule has 140 valence electrons. The largest absolute Gasteiger partial charge is 0.337 e. The Balaban J connectivity index is 1.86. The third-order valence-electron chi connectivity index (χ3n) is 4.77. The predicted octanol–water partition coefficient (Wildman–Crippen LogP) is 1.21. The van der Waals surface area contributed by atoms with Crippen LogP contribution in [0.4, 0.5) is 0 Å². The smallest absolute Gasteiger partial charge is 0.244 e. The molecule has 1 aliphatic heterocycles. The van der Waals surface area contributed by atoms with Crippen molar-refractivity contribution in [1.82, 2.24) is 14.7 Å². The Morgan fingerprint density at radius 3 is 2.81 bits per heavy atom. The van der Waals surface area contributed by atoms with Crippen LogP contribution in [0, 0.1) is 0 Å². The van der Waals surface area contributed by atoms with Crippen LogP contribution in [0.25, 0.3) is 10.9 Å². The molecular formula is C18H23N3O4S. The summed E-state index contributed by atoms with van der Waals surface area (Å²) in [7, 11) is -3.07. The molecule has 2 heterocycles. The van der Waals surface area contributed by atoms with Gasteiger partial charge in [0.25, 0.3) is 0 Å². The Kier molecular flexibility index (Phi) is 5.41. The molecule has 0 aliphatic carbocycles. The maximum absolute atomic E-state index is 12.9. The molecule has 2 aromatic rings. The van der Waals surface area contributed by atoms with Gasteiger partial charge in [0, 0.05) is 18.0 Å². The molecule has 1 unspecified atom stereocenters. The van der Waals surface area contributed by atoms with Gasteiger partial charge in [0.05, 0.1) is 23.2 Å². The minimum absolute atomic E-state index is 0.0128. The highest BCUT2D eigenvalue weighted by Crippen LogP contribution is 2.19. The van der Waals surface area contributed by atoms with Crippen molar-refractivity contribution < 1.29 is 13.2 Å². The Morgan fingerprint density at radius 1 is 1.35 bits per heavy atom. The molecule has 26 heavy (non-hydrogen) atoms. The lowest BCUT2D eigenvalue weighted by molar-refractivity contribution is -0.134. The summed E-state index contributed by atoms with van der Waals surface area (Å²) in [5.74, 6) is -0.00467. The summed E-state index contributed by atoms with van der Waals surface area (Å²) in [6.07, 6.45) is 3.44. The van der Waals surface area contributed by atoms with Crippen LogP contribution in [0.5, 0.6) is 0 Å². The molecule has 1 aromatic carbocycles. The van der Waals surface area contributed by atoms with E-state index in [1.54, 1.807) is 29.2 Å². The van der Waals surface area contributed by atoms with Gasteiger partial charge in [0.1, 0.15) is 6.54 Å². The molecule has 3 rings (SSSR count). The van der Waals surface area contributed by atoms with Gasteiger partial charge < -0.3 is 4.90 Å². The number of carbonyl (C=O) groups excluding carboxylic acids is 1. The first-order valence-electron chi connectivity index (χ1n) is 8.86. The van der Waals surface area contributed by atoms with E-state index in [0.717, 1.165) is 12.8 Å². The number of benzene rings is 1. The van der Waals surface area contributed by atoms with Crippen LogP contribution in [-0.2, 0) is 21.2 Å². The number of sulfone groups is 1. The van der Waals surface area contributed by atoms with Crippen LogP contribution in [0.15, 0.2) is 35.3 Å². The van der Waals surface area contributed by atoms with Gasteiger partial charge in [0.15, 0.2) is 9.84 Å². The fourth-order valence-corrected chi connectivity index (χ4v) is 5.10. The minimum Gasteiger partial charge on any atom is -0.337 e. The average molecular weight is 377 g/mol. The first kappa shape index (κ1) is 18.6. The molecule has 1 atom stereocenters. The lowest BCUT2D eigenvalue weighted by Crippen LogP contribution is -2.43. The number of para-hydroxylation sites is 1. The van der Waals surface area contributed by atoms with E-state index in [2.05, 4.69) is 5.10 Å². The molecule has 0 radical (unpaired) electrons. The Morgan fingerprint density at radius 2 is 2.12 bits per heavy atom. The van der Waals surface area contributed by atoms with Crippen molar-refractivity contribution in [1.29, 1.82) is 0 Å². The minimum atomic E-state index is -3.07. The number of aromatic nitrogens is 2. The second kappa shape index (κ2) is 7.57. The van der Waals surface area contributed by atoms with E-state index >= 15 is 0 Å². The Labute approximate surface area is 152 Å². The van der Waals surface area contributed by atoms with Gasteiger partial charge in [-0.1, -0.05) is 25.5 Å². The quantitative estimate of drug-likeness (QED) is 0.755. The van der Waals surface area contributed by atoms with Crippen molar-refractivity contribution in [3.63, 3.8) is 0 Å². The molecule has 0 bridgehead atoms. The maximum Gasteiger partial charge on any atom is 0.244 e. The van der Waals surface area contributed by atoms with Crippen molar-refractivity contribution in [3.8, 4) is 0 Å². The number of hydrogen-bond donors (Lipinski definition) is 0. The van der Waals surface area contributed by atoms with E-state index in [4.69, 9.17) is 0 Å². The van der Waals surface area contributed by atoms with Crippen molar-refractivity contribution >= 4 is 26.6 Å². The highest BCUT2D eigenvalue weighted by atomic mass is 32.2. The molecule has 1 fully saturated rings. The van der Waals surface area contributed by atoms with E-state index in [-0.39, 0.29) is 35.4 Å². The molecule has 1 saturated heterocycles. The topological polar surface area (TPSA) is 89.3 Å². The van der Waals surface area contributed by atoms with Gasteiger partial charge in [-0.25, -0.2) is 8.42 Å². The van der Waals surface area contributed by atoms with Crippen LogP contribution < -0.4 is 5.43 Å². The zero-order valence-corrected chi connectivity index (χ0v) is 15.6. The normalized spacial score (nSPS) is 18.9. The molecule has 1 aromatic heterocycles. The first-order valence-corrected chi connectivity index (χ1v) is 10.7. The lowest BCUT2D eigenvalue weighted by atomic mass is 10.2. The molecule has 7 nitrogen and oxygen atoms in total. The third kappa shape index (κ3) is 3.95. The second-order valence-electron chi connectivity index (χ2n) is 6.68. The highest BCUT2D eigenvalue weighted by Gasteiger charge is 2.34. The summed E-state index contributed by atoms with van der Waals surface area (Å²) >= 11 is 0. The fraction of sp³-hybridized carbons (Fsp3) is 0.500. The molecule has 0 spiro atoms. The summed E-state index contributed by atoms with van der Waals surface area (Å²) in [6.45, 7) is 2.56. The van der Waals surface area contributed by atoms with Crippen LogP contribution >= 0.6 is 0 Å². The summed E-state index contributed by atoms with van der Waals surface area (Å²) in [4.78, 5) is 26.6. The van der Waals surface area contributed by atoms with Crippen LogP contribution in [0.1, 0.15) is 26.2 Å². The van der Waals surface area contributed by atoms with Crippen molar-refractivity contribution in [2.24, 2.45) is 0 Å². The predicted molar refractivity (Wildman–Crippen MR) is 99.7 cm³/mol. The second-order valence-corrected chi connectivity index (χ2v) is 8.91. The number of nitrogens with zero attached hydrogens (tertiary/aromatic N) is 3. The number of hydrogen-bond acceptors (Lipinski definition) is 5. The number of carbonyl (C=O) groups is 1.